The zero-order valence-electron chi connectivity index (χ0n) is 21.4. The van der Waals surface area contributed by atoms with Gasteiger partial charge in [-0.3, -0.25) is 14.5 Å². The van der Waals surface area contributed by atoms with Gasteiger partial charge in [0.05, 0.1) is 24.5 Å². The number of benzene rings is 1. The van der Waals surface area contributed by atoms with Crippen LogP contribution in [0.25, 0.3) is 11.8 Å². The van der Waals surface area contributed by atoms with Crippen LogP contribution in [0.5, 0.6) is 0 Å². The van der Waals surface area contributed by atoms with Crippen LogP contribution < -0.4 is 0 Å². The molecule has 0 unspecified atom stereocenters. The number of nitrogens with zero attached hydrogens (tertiary/aromatic N) is 4. The molecule has 2 amide bonds. The van der Waals surface area contributed by atoms with Crippen molar-refractivity contribution in [3.05, 3.63) is 64.5 Å². The van der Waals surface area contributed by atoms with E-state index in [-0.39, 0.29) is 30.0 Å². The maximum atomic E-state index is 13.6. The molecule has 0 N–H and O–H groups in total. The smallest absolute Gasteiger partial charge is 0.271 e. The summed E-state index contributed by atoms with van der Waals surface area (Å²) in [6.45, 7) is 2.02. The Balaban J connectivity index is 1.50. The normalized spacial score (nSPS) is 29.9. The second-order valence-electron chi connectivity index (χ2n) is 11.3. The van der Waals surface area contributed by atoms with Crippen molar-refractivity contribution in [3.8, 4) is 11.8 Å². The number of carbonyl (C=O) groups is 2. The molecular weight excluding hydrogens is 464 g/mol. The van der Waals surface area contributed by atoms with E-state index >= 15 is 0 Å². The number of para-hydroxylation sites is 1. The van der Waals surface area contributed by atoms with E-state index < -0.39 is 5.91 Å². The van der Waals surface area contributed by atoms with Crippen molar-refractivity contribution in [2.45, 2.75) is 50.9 Å². The highest BCUT2D eigenvalue weighted by atomic mass is 16.5. The van der Waals surface area contributed by atoms with E-state index in [4.69, 9.17) is 9.84 Å². The Hall–Kier alpha value is -3.50. The highest BCUT2D eigenvalue weighted by Crippen LogP contribution is 2.61. The second kappa shape index (κ2) is 9.11. The van der Waals surface area contributed by atoms with Crippen LogP contribution >= 0.6 is 0 Å². The van der Waals surface area contributed by atoms with Gasteiger partial charge in [-0.1, -0.05) is 18.2 Å². The van der Waals surface area contributed by atoms with Gasteiger partial charge in [-0.05, 0) is 87.0 Å². The fourth-order valence-corrected chi connectivity index (χ4v) is 7.69. The molecule has 2 heterocycles. The van der Waals surface area contributed by atoms with Crippen molar-refractivity contribution in [3.63, 3.8) is 0 Å². The lowest BCUT2D eigenvalue weighted by molar-refractivity contribution is -0.141. The Kier molecular flexibility index (Phi) is 5.88. The zero-order chi connectivity index (χ0) is 25.7. The Morgan fingerprint density at radius 2 is 1.73 bits per heavy atom. The molecule has 1 aromatic heterocycles. The number of ether oxygens (including phenoxy) is 1. The lowest BCUT2D eigenvalue weighted by Gasteiger charge is -2.56. The Bertz CT molecular complexity index is 1330. The number of aromatic nitrogens is 2. The molecule has 0 spiro atoms. The fraction of sp³-hybridized carbons (Fsp3) is 0.467. The topological polar surface area (TPSA) is 88.2 Å². The van der Waals surface area contributed by atoms with Gasteiger partial charge in [-0.25, -0.2) is 4.68 Å². The summed E-state index contributed by atoms with van der Waals surface area (Å²) >= 11 is 0. The minimum atomic E-state index is -0.555. The third-order valence-corrected chi connectivity index (χ3v) is 8.95. The van der Waals surface area contributed by atoms with Crippen LogP contribution in [0, 0.1) is 29.1 Å². The van der Waals surface area contributed by atoms with Gasteiger partial charge in [0.25, 0.3) is 11.8 Å². The van der Waals surface area contributed by atoms with E-state index in [1.165, 1.54) is 26.4 Å². The molecule has 1 aliphatic heterocycles. The Morgan fingerprint density at radius 3 is 2.32 bits per heavy atom. The van der Waals surface area contributed by atoms with Gasteiger partial charge in [0, 0.05) is 29.9 Å². The van der Waals surface area contributed by atoms with Gasteiger partial charge in [-0.2, -0.15) is 10.4 Å². The summed E-state index contributed by atoms with van der Waals surface area (Å²) in [6.07, 6.45) is 11.3. The predicted molar refractivity (Wildman–Crippen MR) is 138 cm³/mol. The number of carbonyl (C=O) groups excluding carboxylic acids is 2. The summed E-state index contributed by atoms with van der Waals surface area (Å²) in [5.74, 6) is 1.31. The van der Waals surface area contributed by atoms with Gasteiger partial charge in [0.1, 0.15) is 11.6 Å². The number of nitriles is 1. The quantitative estimate of drug-likeness (QED) is 0.432. The maximum absolute atomic E-state index is 13.6. The molecule has 0 saturated heterocycles. The summed E-state index contributed by atoms with van der Waals surface area (Å²) in [4.78, 5) is 27.6. The zero-order valence-corrected chi connectivity index (χ0v) is 21.4. The first kappa shape index (κ1) is 23.9. The molecule has 37 heavy (non-hydrogen) atoms. The summed E-state index contributed by atoms with van der Waals surface area (Å²) in [6, 6.07) is 12.1. The minimum Gasteiger partial charge on any atom is -0.383 e. The van der Waals surface area contributed by atoms with Crippen LogP contribution in [0.1, 0.15) is 56.7 Å². The van der Waals surface area contributed by atoms with E-state index in [1.54, 1.807) is 6.92 Å². The van der Waals surface area contributed by atoms with Crippen molar-refractivity contribution in [1.82, 2.24) is 14.7 Å². The van der Waals surface area contributed by atoms with E-state index in [2.05, 4.69) is 0 Å². The van der Waals surface area contributed by atoms with Gasteiger partial charge in [0.15, 0.2) is 0 Å². The standard InChI is InChI=1S/C30H32N4O3/c1-19-25(28(35)33(8-9-37-2)29(36)26(19)17-31)13-23-18-34(24-6-4-3-5-7-24)32-27(23)30-14-20-10-21(15-30)12-22(11-20)16-30/h3-7,13,18,20-22H,8-12,14-16H2,1-2H3/b25-13+. The van der Waals surface area contributed by atoms with Crippen LogP contribution in [0.4, 0.5) is 0 Å². The molecule has 7 rings (SSSR count). The van der Waals surface area contributed by atoms with Crippen LogP contribution in [-0.2, 0) is 19.7 Å². The number of rotatable bonds is 6. The molecule has 4 bridgehead atoms. The minimum absolute atomic E-state index is 0.00811. The first-order valence-electron chi connectivity index (χ1n) is 13.3. The molecule has 4 fully saturated rings. The van der Waals surface area contributed by atoms with Gasteiger partial charge in [-0.15, -0.1) is 0 Å². The molecule has 7 heteroatoms. The Morgan fingerprint density at radius 1 is 1.08 bits per heavy atom. The Labute approximate surface area is 217 Å². The molecule has 190 valence electrons. The average Bonchev–Trinajstić information content (AvgIpc) is 3.32. The molecule has 4 aliphatic carbocycles. The summed E-state index contributed by atoms with van der Waals surface area (Å²) in [7, 11) is 1.53. The van der Waals surface area contributed by atoms with Gasteiger partial charge in [0.2, 0.25) is 0 Å². The number of amides is 2. The molecule has 0 radical (unpaired) electrons. The van der Waals surface area contributed by atoms with Crippen LogP contribution in [-0.4, -0.2) is 46.8 Å². The second-order valence-corrected chi connectivity index (χ2v) is 11.3. The first-order valence-corrected chi connectivity index (χ1v) is 13.3. The van der Waals surface area contributed by atoms with Crippen molar-refractivity contribution >= 4 is 17.9 Å². The van der Waals surface area contributed by atoms with Crippen LogP contribution in [0.15, 0.2) is 53.2 Å². The molecule has 7 nitrogen and oxygen atoms in total. The molecule has 0 atom stereocenters. The lowest BCUT2D eigenvalue weighted by atomic mass is 9.48. The third-order valence-electron chi connectivity index (χ3n) is 8.95. The molecule has 1 aromatic carbocycles. The van der Waals surface area contributed by atoms with E-state index in [0.717, 1.165) is 58.9 Å². The summed E-state index contributed by atoms with van der Waals surface area (Å²) in [5.41, 5.74) is 3.76. The van der Waals surface area contributed by atoms with E-state index in [1.807, 2.05) is 53.4 Å². The summed E-state index contributed by atoms with van der Waals surface area (Å²) < 4.78 is 7.04. The fourth-order valence-electron chi connectivity index (χ4n) is 7.69. The number of hydrogen-bond acceptors (Lipinski definition) is 5. The molecule has 4 saturated carbocycles. The number of imide groups is 1. The number of methoxy groups -OCH3 is 1. The monoisotopic (exact) mass is 496 g/mol. The first-order chi connectivity index (χ1) is 17.9. The van der Waals surface area contributed by atoms with Crippen molar-refractivity contribution in [2.75, 3.05) is 20.3 Å². The maximum Gasteiger partial charge on any atom is 0.271 e. The predicted octanol–water partition coefficient (Wildman–Crippen LogP) is 4.58. The average molecular weight is 497 g/mol. The van der Waals surface area contributed by atoms with Crippen LogP contribution in [0.2, 0.25) is 0 Å². The van der Waals surface area contributed by atoms with Crippen molar-refractivity contribution in [1.29, 1.82) is 5.26 Å². The van der Waals surface area contributed by atoms with Gasteiger partial charge < -0.3 is 4.74 Å². The molecule has 5 aliphatic rings. The number of hydrogen-bond donors (Lipinski definition) is 0. The lowest BCUT2D eigenvalue weighted by Crippen LogP contribution is -2.49. The highest BCUT2D eigenvalue weighted by Gasteiger charge is 2.53. The largest absolute Gasteiger partial charge is 0.383 e. The van der Waals surface area contributed by atoms with Crippen molar-refractivity contribution < 1.29 is 14.3 Å². The van der Waals surface area contributed by atoms with Gasteiger partial charge >= 0.3 is 0 Å². The van der Waals surface area contributed by atoms with Crippen molar-refractivity contribution in [2.24, 2.45) is 17.8 Å². The molecular formula is C30H32N4O3. The summed E-state index contributed by atoms with van der Waals surface area (Å²) in [5, 5.41) is 15.0. The van der Waals surface area contributed by atoms with Crippen LogP contribution in [0.3, 0.4) is 0 Å². The highest BCUT2D eigenvalue weighted by molar-refractivity contribution is 6.19. The molecule has 2 aromatic rings. The third kappa shape index (κ3) is 3.95. The SMILES string of the molecule is COCCN1C(=O)C(C#N)=C(C)/C(=C\c2cn(-c3ccccc3)nc2C23CC4CC(CC(C4)C2)C3)C1=O. The van der Waals surface area contributed by atoms with E-state index in [9.17, 15) is 14.9 Å². The van der Waals surface area contributed by atoms with E-state index in [0.29, 0.717) is 11.1 Å².